The normalized spacial score (nSPS) is 13.6. The highest BCUT2D eigenvalue weighted by Crippen LogP contribution is 2.28. The van der Waals surface area contributed by atoms with Crippen LogP contribution in [0.2, 0.25) is 0 Å². The van der Waals surface area contributed by atoms with Crippen molar-refractivity contribution in [1.82, 2.24) is 0 Å². The average Bonchev–Trinajstić information content (AvgIpc) is 3.14. The summed E-state index contributed by atoms with van der Waals surface area (Å²) >= 11 is 0. The molecule has 0 heterocycles. The van der Waals surface area contributed by atoms with Crippen LogP contribution < -0.4 is 9.47 Å². The molecule has 2 aromatic carbocycles. The Balaban J connectivity index is 1.62. The van der Waals surface area contributed by atoms with E-state index in [-0.39, 0.29) is 12.2 Å². The third-order valence-electron chi connectivity index (χ3n) is 4.86. The number of hydrogen-bond donors (Lipinski definition) is 0. The minimum absolute atomic E-state index is 0.0577. The molecule has 0 N–H and O–H groups in total. The molecule has 0 radical (unpaired) electrons. The minimum Gasteiger partial charge on any atom is -0.493 e. The van der Waals surface area contributed by atoms with Crippen LogP contribution in [0.25, 0.3) is 0 Å². The molecular formula is C22H24O5. The predicted octanol–water partition coefficient (Wildman–Crippen LogP) is 3.55. The molecule has 0 saturated heterocycles. The van der Waals surface area contributed by atoms with E-state index >= 15 is 0 Å². The van der Waals surface area contributed by atoms with Gasteiger partial charge >= 0.3 is 5.97 Å². The predicted molar refractivity (Wildman–Crippen MR) is 102 cm³/mol. The van der Waals surface area contributed by atoms with E-state index in [1.54, 1.807) is 32.2 Å². The summed E-state index contributed by atoms with van der Waals surface area (Å²) in [6.45, 7) is 1.61. The molecule has 142 valence electrons. The number of Topliss-reactive ketones (excluding diaryl/α,β-unsaturated/α-hetero) is 1. The molecule has 5 heteroatoms. The van der Waals surface area contributed by atoms with E-state index in [4.69, 9.17) is 14.2 Å². The van der Waals surface area contributed by atoms with Gasteiger partial charge in [0.2, 0.25) is 5.78 Å². The Morgan fingerprint density at radius 1 is 0.963 bits per heavy atom. The fourth-order valence-electron chi connectivity index (χ4n) is 3.41. The van der Waals surface area contributed by atoms with Gasteiger partial charge in [0.05, 0.1) is 20.6 Å². The van der Waals surface area contributed by atoms with Crippen molar-refractivity contribution >= 4 is 11.8 Å². The van der Waals surface area contributed by atoms with Crippen molar-refractivity contribution in [3.05, 3.63) is 58.7 Å². The molecule has 27 heavy (non-hydrogen) atoms. The number of carbonyl (C=O) groups is 2. The van der Waals surface area contributed by atoms with Crippen molar-refractivity contribution < 1.29 is 23.8 Å². The van der Waals surface area contributed by atoms with Gasteiger partial charge in [-0.15, -0.1) is 0 Å². The molecule has 0 unspecified atom stereocenters. The first-order chi connectivity index (χ1) is 13.0. The van der Waals surface area contributed by atoms with Gasteiger partial charge in [-0.1, -0.05) is 18.2 Å². The highest BCUT2D eigenvalue weighted by Gasteiger charge is 2.22. The Hall–Kier alpha value is -2.82. The van der Waals surface area contributed by atoms with Gasteiger partial charge in [-0.25, -0.2) is 0 Å². The molecule has 0 bridgehead atoms. The molecule has 0 amide bonds. The Labute approximate surface area is 159 Å². The lowest BCUT2D eigenvalue weighted by Crippen LogP contribution is -2.25. The summed E-state index contributed by atoms with van der Waals surface area (Å²) in [4.78, 5) is 24.9. The van der Waals surface area contributed by atoms with Crippen LogP contribution in [0.1, 0.15) is 40.4 Å². The van der Waals surface area contributed by atoms with Gasteiger partial charge in [-0.05, 0) is 61.1 Å². The van der Waals surface area contributed by atoms with E-state index < -0.39 is 12.1 Å². The summed E-state index contributed by atoms with van der Waals surface area (Å²) in [5.41, 5.74) is 3.87. The highest BCUT2D eigenvalue weighted by molar-refractivity contribution is 6.00. The third-order valence-corrected chi connectivity index (χ3v) is 4.86. The summed E-state index contributed by atoms with van der Waals surface area (Å²) in [6, 6.07) is 11.0. The first kappa shape index (κ1) is 19.0. The van der Waals surface area contributed by atoms with E-state index in [0.717, 1.165) is 24.8 Å². The van der Waals surface area contributed by atoms with Crippen molar-refractivity contribution in [2.75, 3.05) is 14.2 Å². The topological polar surface area (TPSA) is 61.8 Å². The number of methoxy groups -OCH3 is 2. The number of esters is 1. The first-order valence-corrected chi connectivity index (χ1v) is 9.08. The molecule has 5 nitrogen and oxygen atoms in total. The standard InChI is InChI=1S/C22H24O5/c1-14(22(24)18-9-8-16-5-4-6-17(16)13-18)27-21(23)12-15-7-10-19(25-2)20(11-15)26-3/h7-11,13-14H,4-6,12H2,1-3H3/t14-/m1/s1. The van der Waals surface area contributed by atoms with Gasteiger partial charge < -0.3 is 14.2 Å². The smallest absolute Gasteiger partial charge is 0.310 e. The number of rotatable bonds is 7. The van der Waals surface area contributed by atoms with E-state index in [0.29, 0.717) is 17.1 Å². The van der Waals surface area contributed by atoms with Crippen molar-refractivity contribution in [1.29, 1.82) is 0 Å². The van der Waals surface area contributed by atoms with E-state index in [9.17, 15) is 9.59 Å². The van der Waals surface area contributed by atoms with E-state index in [1.165, 1.54) is 18.2 Å². The fraction of sp³-hybridized carbons (Fsp3) is 0.364. The molecule has 3 rings (SSSR count). The lowest BCUT2D eigenvalue weighted by molar-refractivity contribution is -0.145. The molecule has 1 atom stereocenters. The largest absolute Gasteiger partial charge is 0.493 e. The Morgan fingerprint density at radius 3 is 2.44 bits per heavy atom. The average molecular weight is 368 g/mol. The maximum atomic E-state index is 12.6. The fourth-order valence-corrected chi connectivity index (χ4v) is 3.41. The lowest BCUT2D eigenvalue weighted by atomic mass is 10.0. The minimum atomic E-state index is -0.822. The maximum Gasteiger partial charge on any atom is 0.310 e. The summed E-state index contributed by atoms with van der Waals surface area (Å²) in [6.07, 6.45) is 2.44. The number of fused-ring (bicyclic) bond motifs is 1. The molecular weight excluding hydrogens is 344 g/mol. The number of ketones is 1. The van der Waals surface area contributed by atoms with Crippen LogP contribution >= 0.6 is 0 Å². The van der Waals surface area contributed by atoms with Crippen LogP contribution in [-0.2, 0) is 28.8 Å². The SMILES string of the molecule is COc1ccc(CC(=O)O[C@H](C)C(=O)c2ccc3c(c2)CCC3)cc1OC. The van der Waals surface area contributed by atoms with Crippen LogP contribution in [0.4, 0.5) is 0 Å². The van der Waals surface area contributed by atoms with E-state index in [1.807, 2.05) is 18.2 Å². The summed E-state index contributed by atoms with van der Waals surface area (Å²) in [5.74, 6) is 0.509. The molecule has 2 aromatic rings. The Morgan fingerprint density at radius 2 is 1.70 bits per heavy atom. The number of ether oxygens (including phenoxy) is 3. The van der Waals surface area contributed by atoms with Gasteiger partial charge in [0.25, 0.3) is 0 Å². The van der Waals surface area contributed by atoms with Crippen molar-refractivity contribution in [2.45, 2.75) is 38.7 Å². The zero-order chi connectivity index (χ0) is 19.4. The highest BCUT2D eigenvalue weighted by atomic mass is 16.5. The van der Waals surface area contributed by atoms with Gasteiger partial charge in [0, 0.05) is 5.56 Å². The second-order valence-corrected chi connectivity index (χ2v) is 6.70. The Kier molecular flexibility index (Phi) is 5.79. The van der Waals surface area contributed by atoms with Crippen LogP contribution in [0, 0.1) is 0 Å². The van der Waals surface area contributed by atoms with Gasteiger partial charge in [-0.3, -0.25) is 9.59 Å². The molecule has 0 saturated carbocycles. The second-order valence-electron chi connectivity index (χ2n) is 6.70. The molecule has 0 aromatic heterocycles. The van der Waals surface area contributed by atoms with Crippen LogP contribution in [0.5, 0.6) is 11.5 Å². The van der Waals surface area contributed by atoms with Crippen LogP contribution in [0.15, 0.2) is 36.4 Å². The second kappa shape index (κ2) is 8.25. The molecule has 0 spiro atoms. The molecule has 1 aliphatic carbocycles. The van der Waals surface area contributed by atoms with Crippen molar-refractivity contribution in [3.63, 3.8) is 0 Å². The molecule has 0 fully saturated rings. The Bertz CT molecular complexity index is 856. The van der Waals surface area contributed by atoms with Gasteiger partial charge in [0.1, 0.15) is 0 Å². The third kappa shape index (κ3) is 4.30. The molecule has 1 aliphatic rings. The molecule has 0 aliphatic heterocycles. The van der Waals surface area contributed by atoms with Crippen molar-refractivity contribution in [2.24, 2.45) is 0 Å². The van der Waals surface area contributed by atoms with Gasteiger partial charge in [-0.2, -0.15) is 0 Å². The number of benzene rings is 2. The summed E-state index contributed by atoms with van der Waals surface area (Å²) < 4.78 is 15.8. The monoisotopic (exact) mass is 368 g/mol. The van der Waals surface area contributed by atoms with Gasteiger partial charge in [0.15, 0.2) is 17.6 Å². The van der Waals surface area contributed by atoms with Crippen LogP contribution in [0.3, 0.4) is 0 Å². The zero-order valence-electron chi connectivity index (χ0n) is 15.9. The first-order valence-electron chi connectivity index (χ1n) is 9.08. The summed E-state index contributed by atoms with van der Waals surface area (Å²) in [7, 11) is 3.09. The quantitative estimate of drug-likeness (QED) is 0.552. The number of hydrogen-bond acceptors (Lipinski definition) is 5. The lowest BCUT2D eigenvalue weighted by Gasteiger charge is -2.14. The van der Waals surface area contributed by atoms with Crippen LogP contribution in [-0.4, -0.2) is 32.1 Å². The summed E-state index contributed by atoms with van der Waals surface area (Å²) in [5, 5.41) is 0. The number of carbonyl (C=O) groups excluding carboxylic acids is 2. The van der Waals surface area contributed by atoms with E-state index in [2.05, 4.69) is 0 Å². The van der Waals surface area contributed by atoms with Crippen molar-refractivity contribution in [3.8, 4) is 11.5 Å². The zero-order valence-corrected chi connectivity index (χ0v) is 15.9. The maximum absolute atomic E-state index is 12.6. The number of aryl methyl sites for hydroxylation is 2.